The molecule has 1 aromatic heterocycles. The van der Waals surface area contributed by atoms with Gasteiger partial charge in [0.1, 0.15) is 11.3 Å². The minimum atomic E-state index is -0.246. The number of hydrogen-bond donors (Lipinski definition) is 2. The number of fused-ring (bicyclic) bond motifs is 1. The van der Waals surface area contributed by atoms with E-state index in [9.17, 15) is 4.39 Å². The fourth-order valence-electron chi connectivity index (χ4n) is 2.05. The molecular formula is C16H24FN3. The van der Waals surface area contributed by atoms with Crippen LogP contribution in [0.25, 0.3) is 10.9 Å². The Morgan fingerprint density at radius 2 is 1.90 bits per heavy atom. The zero-order valence-corrected chi connectivity index (χ0v) is 13.0. The summed E-state index contributed by atoms with van der Waals surface area (Å²) in [6, 6.07) is 3.35. The number of aromatic amines is 1. The molecule has 4 heteroatoms. The lowest BCUT2D eigenvalue weighted by atomic mass is 9.76. The van der Waals surface area contributed by atoms with Crippen molar-refractivity contribution in [3.63, 3.8) is 0 Å². The summed E-state index contributed by atoms with van der Waals surface area (Å²) in [4.78, 5) is 0. The Kier molecular flexibility index (Phi) is 3.87. The SMILES string of the molecule is CC(C)(C)C(C)(C)NCCc1ccc(F)c2[nH]ncc12. The number of aromatic nitrogens is 2. The van der Waals surface area contributed by atoms with Crippen LogP contribution in [0.3, 0.4) is 0 Å². The predicted octanol–water partition coefficient (Wildman–Crippen LogP) is 3.66. The van der Waals surface area contributed by atoms with Crippen molar-refractivity contribution in [3.05, 3.63) is 29.7 Å². The molecule has 3 nitrogen and oxygen atoms in total. The molecule has 2 rings (SSSR count). The van der Waals surface area contributed by atoms with E-state index < -0.39 is 0 Å². The molecule has 1 aromatic carbocycles. The van der Waals surface area contributed by atoms with Crippen LogP contribution < -0.4 is 5.32 Å². The van der Waals surface area contributed by atoms with E-state index in [0.717, 1.165) is 23.9 Å². The van der Waals surface area contributed by atoms with Gasteiger partial charge in [-0.1, -0.05) is 26.8 Å². The Morgan fingerprint density at radius 1 is 1.20 bits per heavy atom. The molecule has 0 aliphatic heterocycles. The third kappa shape index (κ3) is 2.85. The number of rotatable bonds is 4. The Bertz CT molecular complexity index is 593. The minimum absolute atomic E-state index is 0.0442. The molecule has 0 spiro atoms. The van der Waals surface area contributed by atoms with Crippen LogP contribution in [0, 0.1) is 11.2 Å². The Labute approximate surface area is 120 Å². The Morgan fingerprint density at radius 3 is 2.55 bits per heavy atom. The summed E-state index contributed by atoms with van der Waals surface area (Å²) < 4.78 is 13.6. The zero-order valence-electron chi connectivity index (χ0n) is 13.0. The second-order valence-corrected chi connectivity index (χ2v) is 6.92. The van der Waals surface area contributed by atoms with Gasteiger partial charge in [-0.3, -0.25) is 5.10 Å². The van der Waals surface area contributed by atoms with Crippen molar-refractivity contribution >= 4 is 10.9 Å². The summed E-state index contributed by atoms with van der Waals surface area (Å²) >= 11 is 0. The average molecular weight is 277 g/mol. The fourth-order valence-corrected chi connectivity index (χ4v) is 2.05. The molecule has 0 saturated carbocycles. The quantitative estimate of drug-likeness (QED) is 0.895. The van der Waals surface area contributed by atoms with Crippen molar-refractivity contribution in [2.24, 2.45) is 5.41 Å². The predicted molar refractivity (Wildman–Crippen MR) is 81.3 cm³/mol. The van der Waals surface area contributed by atoms with Gasteiger partial charge in [0, 0.05) is 10.9 Å². The smallest absolute Gasteiger partial charge is 0.148 e. The van der Waals surface area contributed by atoms with Crippen molar-refractivity contribution in [2.75, 3.05) is 6.54 Å². The van der Waals surface area contributed by atoms with Gasteiger partial charge in [0.2, 0.25) is 0 Å². The topological polar surface area (TPSA) is 40.7 Å². The summed E-state index contributed by atoms with van der Waals surface area (Å²) in [6.07, 6.45) is 2.55. The van der Waals surface area contributed by atoms with Gasteiger partial charge in [-0.05, 0) is 43.9 Å². The Balaban J connectivity index is 2.08. The van der Waals surface area contributed by atoms with Crippen LogP contribution in [0.2, 0.25) is 0 Å². The van der Waals surface area contributed by atoms with Crippen molar-refractivity contribution in [1.29, 1.82) is 0 Å². The molecule has 0 aliphatic carbocycles. The molecule has 20 heavy (non-hydrogen) atoms. The van der Waals surface area contributed by atoms with Gasteiger partial charge in [-0.15, -0.1) is 0 Å². The highest BCUT2D eigenvalue weighted by Crippen LogP contribution is 2.29. The number of benzene rings is 1. The first kappa shape index (κ1) is 15.0. The third-order valence-corrected chi connectivity index (χ3v) is 4.49. The third-order valence-electron chi connectivity index (χ3n) is 4.49. The maximum atomic E-state index is 13.6. The van der Waals surface area contributed by atoms with Crippen LogP contribution in [-0.2, 0) is 6.42 Å². The molecule has 2 N–H and O–H groups in total. The van der Waals surface area contributed by atoms with Crippen LogP contribution in [0.4, 0.5) is 4.39 Å². The maximum Gasteiger partial charge on any atom is 0.148 e. The van der Waals surface area contributed by atoms with E-state index in [0.29, 0.717) is 5.52 Å². The largest absolute Gasteiger partial charge is 0.311 e. The van der Waals surface area contributed by atoms with Crippen molar-refractivity contribution in [2.45, 2.75) is 46.6 Å². The van der Waals surface area contributed by atoms with Gasteiger partial charge in [-0.25, -0.2) is 4.39 Å². The van der Waals surface area contributed by atoms with Gasteiger partial charge < -0.3 is 5.32 Å². The summed E-state index contributed by atoms with van der Waals surface area (Å²) in [5.74, 6) is -0.246. The molecule has 0 fully saturated rings. The molecule has 2 aromatic rings. The van der Waals surface area contributed by atoms with Crippen LogP contribution in [-0.4, -0.2) is 22.3 Å². The first-order valence-electron chi connectivity index (χ1n) is 7.08. The zero-order chi connectivity index (χ0) is 15.0. The molecule has 0 amide bonds. The van der Waals surface area contributed by atoms with Crippen molar-refractivity contribution in [3.8, 4) is 0 Å². The van der Waals surface area contributed by atoms with Gasteiger partial charge in [0.25, 0.3) is 0 Å². The summed E-state index contributed by atoms with van der Waals surface area (Å²) in [5.41, 5.74) is 1.84. The van der Waals surface area contributed by atoms with Gasteiger partial charge in [0.05, 0.1) is 6.20 Å². The molecule has 0 aliphatic rings. The first-order chi connectivity index (χ1) is 9.22. The highest BCUT2D eigenvalue weighted by Gasteiger charge is 2.31. The lowest BCUT2D eigenvalue weighted by Crippen LogP contribution is -2.50. The van der Waals surface area contributed by atoms with E-state index in [1.165, 1.54) is 6.07 Å². The van der Waals surface area contributed by atoms with Gasteiger partial charge in [0.15, 0.2) is 0 Å². The highest BCUT2D eigenvalue weighted by molar-refractivity contribution is 5.82. The highest BCUT2D eigenvalue weighted by atomic mass is 19.1. The van der Waals surface area contributed by atoms with Crippen LogP contribution in [0.15, 0.2) is 18.3 Å². The molecule has 1 heterocycles. The van der Waals surface area contributed by atoms with Crippen LogP contribution in [0.1, 0.15) is 40.2 Å². The second kappa shape index (κ2) is 5.17. The van der Waals surface area contributed by atoms with E-state index >= 15 is 0 Å². The van der Waals surface area contributed by atoms with E-state index in [1.54, 1.807) is 6.20 Å². The molecule has 0 saturated heterocycles. The average Bonchev–Trinajstić information content (AvgIpc) is 2.80. The van der Waals surface area contributed by atoms with Gasteiger partial charge >= 0.3 is 0 Å². The molecular weight excluding hydrogens is 253 g/mol. The van der Waals surface area contributed by atoms with Crippen LogP contribution >= 0.6 is 0 Å². The van der Waals surface area contributed by atoms with Crippen molar-refractivity contribution < 1.29 is 4.39 Å². The summed E-state index contributed by atoms with van der Waals surface area (Å²) in [5, 5.41) is 11.1. The molecule has 0 radical (unpaired) electrons. The van der Waals surface area contributed by atoms with Gasteiger partial charge in [-0.2, -0.15) is 5.10 Å². The summed E-state index contributed by atoms with van der Waals surface area (Å²) in [6.45, 7) is 12.0. The maximum absolute atomic E-state index is 13.6. The fraction of sp³-hybridized carbons (Fsp3) is 0.562. The monoisotopic (exact) mass is 277 g/mol. The molecule has 0 atom stereocenters. The van der Waals surface area contributed by atoms with E-state index in [4.69, 9.17) is 0 Å². The van der Waals surface area contributed by atoms with E-state index in [2.05, 4.69) is 50.1 Å². The molecule has 0 unspecified atom stereocenters. The number of hydrogen-bond acceptors (Lipinski definition) is 2. The van der Waals surface area contributed by atoms with Crippen molar-refractivity contribution in [1.82, 2.24) is 15.5 Å². The molecule has 110 valence electrons. The minimum Gasteiger partial charge on any atom is -0.311 e. The van der Waals surface area contributed by atoms with E-state index in [-0.39, 0.29) is 16.8 Å². The first-order valence-corrected chi connectivity index (χ1v) is 7.08. The number of nitrogens with zero attached hydrogens (tertiary/aromatic N) is 1. The number of H-pyrrole nitrogens is 1. The number of halogens is 1. The summed E-state index contributed by atoms with van der Waals surface area (Å²) in [7, 11) is 0. The normalized spacial score (nSPS) is 13.1. The second-order valence-electron chi connectivity index (χ2n) is 6.92. The van der Waals surface area contributed by atoms with Crippen LogP contribution in [0.5, 0.6) is 0 Å². The Hall–Kier alpha value is -1.42. The standard InChI is InChI=1S/C16H24FN3/c1-15(2,3)16(4,5)18-9-8-11-6-7-13(17)14-12(11)10-19-20-14/h6-7,10,18H,8-9H2,1-5H3,(H,19,20). The van der Waals surface area contributed by atoms with E-state index in [1.807, 2.05) is 6.07 Å². The lowest BCUT2D eigenvalue weighted by Gasteiger charge is -2.40. The number of nitrogens with one attached hydrogen (secondary N) is 2. The lowest BCUT2D eigenvalue weighted by molar-refractivity contribution is 0.178. The molecule has 0 bridgehead atoms.